The van der Waals surface area contributed by atoms with Crippen molar-refractivity contribution in [3.8, 4) is 0 Å². The lowest BCUT2D eigenvalue weighted by atomic mass is 10.2. The first-order valence-electron chi connectivity index (χ1n) is 4.96. The number of aromatic nitrogens is 2. The molecule has 0 atom stereocenters. The monoisotopic (exact) mass is 219 g/mol. The Bertz CT molecular complexity index is 525. The van der Waals surface area contributed by atoms with Crippen molar-refractivity contribution >= 4 is 11.7 Å². The van der Waals surface area contributed by atoms with Gasteiger partial charge in [-0.25, -0.2) is 0 Å². The maximum Gasteiger partial charge on any atom is 0.292 e. The zero-order chi connectivity index (χ0) is 11.7. The van der Waals surface area contributed by atoms with E-state index in [4.69, 9.17) is 4.42 Å². The third kappa shape index (κ3) is 1.71. The second-order valence-corrected chi connectivity index (χ2v) is 3.71. The van der Waals surface area contributed by atoms with Crippen molar-refractivity contribution in [1.82, 2.24) is 10.2 Å². The van der Waals surface area contributed by atoms with Gasteiger partial charge < -0.3 is 9.73 Å². The van der Waals surface area contributed by atoms with Crippen molar-refractivity contribution in [2.75, 3.05) is 5.32 Å². The van der Waals surface area contributed by atoms with Gasteiger partial charge in [0.25, 0.3) is 5.91 Å². The van der Waals surface area contributed by atoms with Crippen LogP contribution in [-0.4, -0.2) is 16.1 Å². The molecule has 5 nitrogen and oxygen atoms in total. The molecule has 0 aliphatic rings. The van der Waals surface area contributed by atoms with E-state index in [0.29, 0.717) is 11.6 Å². The molecule has 2 aromatic heterocycles. The van der Waals surface area contributed by atoms with E-state index < -0.39 is 0 Å². The van der Waals surface area contributed by atoms with Crippen LogP contribution in [0.15, 0.2) is 16.7 Å². The highest BCUT2D eigenvalue weighted by Gasteiger charge is 2.15. The largest absolute Gasteiger partial charge is 0.459 e. The first-order valence-corrected chi connectivity index (χ1v) is 4.96. The number of aromatic amines is 1. The standard InChI is InChI=1S/C11H13N3O2/c1-6-4-5-16-9(6)11(15)12-10-7(2)8(3)13-14-10/h4-5H,1-3H3,(H2,12,13,14,15). The molecule has 0 spiro atoms. The number of furan rings is 1. The summed E-state index contributed by atoms with van der Waals surface area (Å²) in [5, 5.41) is 9.50. The SMILES string of the molecule is Cc1ccoc1C(=O)Nc1n[nH]c(C)c1C. The number of rotatable bonds is 2. The van der Waals surface area contributed by atoms with Crippen molar-refractivity contribution in [1.29, 1.82) is 0 Å². The second-order valence-electron chi connectivity index (χ2n) is 3.71. The topological polar surface area (TPSA) is 70.9 Å². The predicted molar refractivity (Wildman–Crippen MR) is 59.5 cm³/mol. The quantitative estimate of drug-likeness (QED) is 0.813. The number of carbonyl (C=O) groups is 1. The van der Waals surface area contributed by atoms with Crippen LogP contribution in [0.1, 0.15) is 27.4 Å². The molecule has 1 amide bonds. The summed E-state index contributed by atoms with van der Waals surface area (Å²) >= 11 is 0. The van der Waals surface area contributed by atoms with Gasteiger partial charge in [0, 0.05) is 16.8 Å². The van der Waals surface area contributed by atoms with Gasteiger partial charge in [-0.1, -0.05) is 0 Å². The number of hydrogen-bond acceptors (Lipinski definition) is 3. The van der Waals surface area contributed by atoms with Crippen LogP contribution in [0.5, 0.6) is 0 Å². The van der Waals surface area contributed by atoms with Crippen LogP contribution in [0, 0.1) is 20.8 Å². The Kier molecular flexibility index (Phi) is 2.52. The normalized spacial score (nSPS) is 10.4. The first kappa shape index (κ1) is 10.5. The van der Waals surface area contributed by atoms with Crippen LogP contribution < -0.4 is 5.32 Å². The van der Waals surface area contributed by atoms with Crippen LogP contribution in [0.3, 0.4) is 0 Å². The molecule has 0 aliphatic carbocycles. The summed E-state index contributed by atoms with van der Waals surface area (Å²) in [6, 6.07) is 1.75. The van der Waals surface area contributed by atoms with Crippen molar-refractivity contribution in [2.45, 2.75) is 20.8 Å². The zero-order valence-corrected chi connectivity index (χ0v) is 9.42. The summed E-state index contributed by atoms with van der Waals surface area (Å²) in [5.74, 6) is 0.579. The van der Waals surface area contributed by atoms with Gasteiger partial charge in [0.15, 0.2) is 11.6 Å². The fraction of sp³-hybridized carbons (Fsp3) is 0.273. The Hall–Kier alpha value is -2.04. The zero-order valence-electron chi connectivity index (χ0n) is 9.42. The number of nitrogens with zero attached hydrogens (tertiary/aromatic N) is 1. The molecule has 2 heterocycles. The van der Waals surface area contributed by atoms with E-state index in [9.17, 15) is 4.79 Å². The molecule has 0 saturated heterocycles. The highest BCUT2D eigenvalue weighted by atomic mass is 16.3. The van der Waals surface area contributed by atoms with Crippen molar-refractivity contribution < 1.29 is 9.21 Å². The molecule has 0 aliphatic heterocycles. The summed E-state index contributed by atoms with van der Waals surface area (Å²) in [7, 11) is 0. The van der Waals surface area contributed by atoms with E-state index in [0.717, 1.165) is 16.8 Å². The predicted octanol–water partition coefficient (Wildman–Crippen LogP) is 2.18. The number of aryl methyl sites for hydroxylation is 2. The Labute approximate surface area is 92.9 Å². The Morgan fingerprint density at radius 3 is 2.69 bits per heavy atom. The van der Waals surface area contributed by atoms with E-state index in [2.05, 4.69) is 15.5 Å². The minimum Gasteiger partial charge on any atom is -0.459 e. The van der Waals surface area contributed by atoms with Gasteiger partial charge in [-0.2, -0.15) is 5.10 Å². The number of nitrogens with one attached hydrogen (secondary N) is 2. The third-order valence-corrected chi connectivity index (χ3v) is 2.55. The van der Waals surface area contributed by atoms with Gasteiger partial charge in [0.2, 0.25) is 0 Å². The summed E-state index contributed by atoms with van der Waals surface area (Å²) in [4.78, 5) is 11.8. The Morgan fingerprint density at radius 2 is 2.19 bits per heavy atom. The van der Waals surface area contributed by atoms with Crippen LogP contribution in [-0.2, 0) is 0 Å². The molecule has 0 radical (unpaired) electrons. The summed E-state index contributed by atoms with van der Waals surface area (Å²) in [6.07, 6.45) is 1.49. The fourth-order valence-electron chi connectivity index (χ4n) is 1.38. The molecule has 16 heavy (non-hydrogen) atoms. The molecule has 0 bridgehead atoms. The molecular weight excluding hydrogens is 206 g/mol. The minimum atomic E-state index is -0.280. The van der Waals surface area contributed by atoms with Crippen LogP contribution in [0.2, 0.25) is 0 Å². The molecule has 2 N–H and O–H groups in total. The summed E-state index contributed by atoms with van der Waals surface area (Å²) < 4.78 is 5.09. The van der Waals surface area contributed by atoms with Gasteiger partial charge in [-0.15, -0.1) is 0 Å². The Morgan fingerprint density at radius 1 is 1.44 bits per heavy atom. The van der Waals surface area contributed by atoms with Gasteiger partial charge in [-0.05, 0) is 26.8 Å². The van der Waals surface area contributed by atoms with Gasteiger partial charge in [0.1, 0.15) is 0 Å². The van der Waals surface area contributed by atoms with Crippen LogP contribution in [0.4, 0.5) is 5.82 Å². The van der Waals surface area contributed by atoms with Crippen LogP contribution in [0.25, 0.3) is 0 Å². The number of hydrogen-bond donors (Lipinski definition) is 2. The van der Waals surface area contributed by atoms with Gasteiger partial charge in [0.05, 0.1) is 6.26 Å². The highest BCUT2D eigenvalue weighted by Crippen LogP contribution is 2.16. The van der Waals surface area contributed by atoms with E-state index in [1.165, 1.54) is 6.26 Å². The average Bonchev–Trinajstić information content (AvgIpc) is 2.79. The lowest BCUT2D eigenvalue weighted by Gasteiger charge is -2.01. The Balaban J connectivity index is 2.20. The second kappa shape index (κ2) is 3.84. The fourth-order valence-corrected chi connectivity index (χ4v) is 1.38. The van der Waals surface area contributed by atoms with Crippen molar-refractivity contribution in [2.24, 2.45) is 0 Å². The van der Waals surface area contributed by atoms with E-state index in [1.807, 2.05) is 20.8 Å². The maximum atomic E-state index is 11.8. The van der Waals surface area contributed by atoms with E-state index >= 15 is 0 Å². The van der Waals surface area contributed by atoms with Crippen molar-refractivity contribution in [3.05, 3.63) is 34.9 Å². The minimum absolute atomic E-state index is 0.280. The lowest BCUT2D eigenvalue weighted by Crippen LogP contribution is -2.13. The van der Waals surface area contributed by atoms with Gasteiger partial charge in [-0.3, -0.25) is 9.89 Å². The molecule has 0 saturated carbocycles. The molecule has 2 rings (SSSR count). The molecular formula is C11H13N3O2. The molecule has 2 aromatic rings. The number of amides is 1. The molecule has 0 aromatic carbocycles. The molecule has 5 heteroatoms. The van der Waals surface area contributed by atoms with E-state index in [1.54, 1.807) is 6.07 Å². The number of anilines is 1. The third-order valence-electron chi connectivity index (χ3n) is 2.55. The lowest BCUT2D eigenvalue weighted by molar-refractivity contribution is 0.0995. The van der Waals surface area contributed by atoms with Crippen LogP contribution >= 0.6 is 0 Å². The smallest absolute Gasteiger partial charge is 0.292 e. The number of H-pyrrole nitrogens is 1. The number of carbonyl (C=O) groups excluding carboxylic acids is 1. The van der Waals surface area contributed by atoms with Crippen molar-refractivity contribution in [3.63, 3.8) is 0 Å². The molecule has 0 unspecified atom stereocenters. The summed E-state index contributed by atoms with van der Waals surface area (Å²) in [5.41, 5.74) is 2.67. The molecule has 84 valence electrons. The highest BCUT2D eigenvalue weighted by molar-refractivity contribution is 6.03. The maximum absolute atomic E-state index is 11.8. The summed E-state index contributed by atoms with van der Waals surface area (Å²) in [6.45, 7) is 5.61. The van der Waals surface area contributed by atoms with E-state index in [-0.39, 0.29) is 5.91 Å². The average molecular weight is 219 g/mol. The first-order chi connectivity index (χ1) is 7.59. The van der Waals surface area contributed by atoms with Gasteiger partial charge >= 0.3 is 0 Å². The molecule has 0 fully saturated rings.